The summed E-state index contributed by atoms with van der Waals surface area (Å²) in [6, 6.07) is 7.93. The van der Waals surface area contributed by atoms with E-state index >= 15 is 0 Å². The third-order valence-corrected chi connectivity index (χ3v) is 4.27. The van der Waals surface area contributed by atoms with Crippen molar-refractivity contribution in [1.82, 2.24) is 9.88 Å². The molecule has 6 heteroatoms. The van der Waals surface area contributed by atoms with Gasteiger partial charge >= 0.3 is 0 Å². The molecule has 0 aliphatic heterocycles. The second-order valence-corrected chi connectivity index (χ2v) is 6.09. The molecule has 4 nitrogen and oxygen atoms in total. The van der Waals surface area contributed by atoms with Crippen molar-refractivity contribution in [3.8, 4) is 5.88 Å². The van der Waals surface area contributed by atoms with Gasteiger partial charge in [-0.2, -0.15) is 0 Å². The fraction of sp³-hybridized carbons (Fsp3) is 0.333. The molecule has 1 aliphatic rings. The standard InChI is InChI=1S/C18H18ClFN2O2/c1-2-24-17-10-12(8-9-21-17)18(23)22(13-6-7-13)11-14-15(19)4-3-5-16(14)20/h3-5,8-10,13H,2,6-7,11H2,1H3. The van der Waals surface area contributed by atoms with E-state index in [1.165, 1.54) is 6.07 Å². The minimum Gasteiger partial charge on any atom is -0.478 e. The molecule has 1 amide bonds. The van der Waals surface area contributed by atoms with Gasteiger partial charge in [-0.1, -0.05) is 17.7 Å². The van der Waals surface area contributed by atoms with Crippen LogP contribution in [0.4, 0.5) is 4.39 Å². The summed E-state index contributed by atoms with van der Waals surface area (Å²) in [5.74, 6) is -0.158. The van der Waals surface area contributed by atoms with Crippen molar-refractivity contribution in [3.63, 3.8) is 0 Å². The molecule has 0 atom stereocenters. The van der Waals surface area contributed by atoms with E-state index in [2.05, 4.69) is 4.98 Å². The van der Waals surface area contributed by atoms with E-state index in [1.54, 1.807) is 35.4 Å². The van der Waals surface area contributed by atoms with Crippen LogP contribution in [0.1, 0.15) is 35.7 Å². The number of hydrogen-bond donors (Lipinski definition) is 0. The quantitative estimate of drug-likeness (QED) is 0.790. The molecular formula is C18H18ClFN2O2. The fourth-order valence-electron chi connectivity index (χ4n) is 2.54. The number of halogens is 2. The average molecular weight is 349 g/mol. The van der Waals surface area contributed by atoms with Crippen molar-refractivity contribution in [3.05, 3.63) is 58.5 Å². The first-order chi connectivity index (χ1) is 11.6. The van der Waals surface area contributed by atoms with Crippen LogP contribution in [0.2, 0.25) is 5.02 Å². The predicted octanol–water partition coefficient (Wildman–Crippen LogP) is 4.08. The van der Waals surface area contributed by atoms with Gasteiger partial charge in [-0.25, -0.2) is 9.37 Å². The number of carbonyl (C=O) groups is 1. The number of ether oxygens (including phenoxy) is 1. The first kappa shape index (κ1) is 16.7. The van der Waals surface area contributed by atoms with Crippen LogP contribution in [0.15, 0.2) is 36.5 Å². The van der Waals surface area contributed by atoms with Crippen LogP contribution in [-0.4, -0.2) is 28.4 Å². The first-order valence-electron chi connectivity index (χ1n) is 7.93. The topological polar surface area (TPSA) is 42.4 Å². The molecule has 1 aliphatic carbocycles. The zero-order chi connectivity index (χ0) is 17.1. The second-order valence-electron chi connectivity index (χ2n) is 5.68. The van der Waals surface area contributed by atoms with Gasteiger partial charge in [-0.05, 0) is 38.0 Å². The third kappa shape index (κ3) is 3.67. The highest BCUT2D eigenvalue weighted by molar-refractivity contribution is 6.31. The Hall–Kier alpha value is -2.14. The lowest BCUT2D eigenvalue weighted by Crippen LogP contribution is -2.33. The Balaban J connectivity index is 1.86. The lowest BCUT2D eigenvalue weighted by atomic mass is 10.1. The summed E-state index contributed by atoms with van der Waals surface area (Å²) in [5, 5.41) is 0.332. The van der Waals surface area contributed by atoms with Crippen molar-refractivity contribution in [2.75, 3.05) is 6.61 Å². The van der Waals surface area contributed by atoms with E-state index in [0.717, 1.165) is 12.8 Å². The summed E-state index contributed by atoms with van der Waals surface area (Å²) in [5.41, 5.74) is 0.825. The van der Waals surface area contributed by atoms with Crippen molar-refractivity contribution in [2.45, 2.75) is 32.4 Å². The Bertz CT molecular complexity index is 729. The summed E-state index contributed by atoms with van der Waals surface area (Å²) >= 11 is 6.11. The van der Waals surface area contributed by atoms with Gasteiger partial charge in [-0.3, -0.25) is 4.79 Å². The highest BCUT2D eigenvalue weighted by Crippen LogP contribution is 2.32. The van der Waals surface area contributed by atoms with E-state index in [1.807, 2.05) is 6.92 Å². The number of hydrogen-bond acceptors (Lipinski definition) is 3. The van der Waals surface area contributed by atoms with E-state index in [-0.39, 0.29) is 18.5 Å². The van der Waals surface area contributed by atoms with E-state index in [9.17, 15) is 9.18 Å². The SMILES string of the molecule is CCOc1cc(C(=O)N(Cc2c(F)cccc2Cl)C2CC2)ccn1. The molecule has 1 aromatic carbocycles. The summed E-state index contributed by atoms with van der Waals surface area (Å²) in [4.78, 5) is 18.6. The fourth-order valence-corrected chi connectivity index (χ4v) is 2.76. The summed E-state index contributed by atoms with van der Waals surface area (Å²) in [6.45, 7) is 2.48. The van der Waals surface area contributed by atoms with Crippen LogP contribution in [0, 0.1) is 5.82 Å². The maximum Gasteiger partial charge on any atom is 0.254 e. The molecular weight excluding hydrogens is 331 g/mol. The van der Waals surface area contributed by atoms with E-state index in [4.69, 9.17) is 16.3 Å². The summed E-state index contributed by atoms with van der Waals surface area (Å²) in [6.07, 6.45) is 3.38. The first-order valence-corrected chi connectivity index (χ1v) is 8.30. The molecule has 0 spiro atoms. The highest BCUT2D eigenvalue weighted by atomic mass is 35.5. The number of pyridine rings is 1. The second kappa shape index (κ2) is 7.18. The van der Waals surface area contributed by atoms with Gasteiger partial charge in [0.25, 0.3) is 5.91 Å². The van der Waals surface area contributed by atoms with Crippen LogP contribution in [0.5, 0.6) is 5.88 Å². The normalized spacial score (nSPS) is 13.6. The number of benzene rings is 1. The zero-order valence-electron chi connectivity index (χ0n) is 13.3. The molecule has 1 heterocycles. The Morgan fingerprint density at radius 1 is 1.42 bits per heavy atom. The number of nitrogens with zero attached hydrogens (tertiary/aromatic N) is 2. The third-order valence-electron chi connectivity index (χ3n) is 3.91. The van der Waals surface area contributed by atoms with Crippen LogP contribution in [-0.2, 0) is 6.54 Å². The maximum atomic E-state index is 14.1. The van der Waals surface area contributed by atoms with E-state index in [0.29, 0.717) is 28.6 Å². The monoisotopic (exact) mass is 348 g/mol. The number of carbonyl (C=O) groups excluding carboxylic acids is 1. The maximum absolute atomic E-state index is 14.1. The van der Waals surface area contributed by atoms with Crippen molar-refractivity contribution in [1.29, 1.82) is 0 Å². The molecule has 3 rings (SSSR count). The lowest BCUT2D eigenvalue weighted by molar-refractivity contribution is 0.0727. The molecule has 0 N–H and O–H groups in total. The van der Waals surface area contributed by atoms with Crippen LogP contribution >= 0.6 is 11.6 Å². The van der Waals surface area contributed by atoms with Gasteiger partial charge in [0.05, 0.1) is 13.2 Å². The lowest BCUT2D eigenvalue weighted by Gasteiger charge is -2.23. The smallest absolute Gasteiger partial charge is 0.254 e. The van der Waals surface area contributed by atoms with Gasteiger partial charge in [0.15, 0.2) is 0 Å². The van der Waals surface area contributed by atoms with Crippen LogP contribution < -0.4 is 4.74 Å². The minimum atomic E-state index is -0.398. The molecule has 126 valence electrons. The molecule has 0 unspecified atom stereocenters. The predicted molar refractivity (Wildman–Crippen MR) is 89.7 cm³/mol. The minimum absolute atomic E-state index is 0.122. The van der Waals surface area contributed by atoms with E-state index < -0.39 is 5.82 Å². The largest absolute Gasteiger partial charge is 0.478 e. The van der Waals surface area contributed by atoms with Gasteiger partial charge in [0.1, 0.15) is 5.82 Å². The highest BCUT2D eigenvalue weighted by Gasteiger charge is 2.34. The number of aromatic nitrogens is 1. The van der Waals surface area contributed by atoms with Crippen LogP contribution in [0.25, 0.3) is 0 Å². The van der Waals surface area contributed by atoms with Gasteiger partial charge in [0, 0.05) is 34.5 Å². The number of rotatable bonds is 6. The average Bonchev–Trinajstić information content (AvgIpc) is 3.39. The Labute approximate surface area is 145 Å². The van der Waals surface area contributed by atoms with Crippen molar-refractivity contribution in [2.24, 2.45) is 0 Å². The van der Waals surface area contributed by atoms with Gasteiger partial charge in [-0.15, -0.1) is 0 Å². The Morgan fingerprint density at radius 2 is 2.21 bits per heavy atom. The molecule has 0 radical (unpaired) electrons. The van der Waals surface area contributed by atoms with Crippen LogP contribution in [0.3, 0.4) is 0 Å². The molecule has 1 saturated carbocycles. The zero-order valence-corrected chi connectivity index (χ0v) is 14.1. The molecule has 24 heavy (non-hydrogen) atoms. The van der Waals surface area contributed by atoms with Crippen molar-refractivity contribution < 1.29 is 13.9 Å². The molecule has 2 aromatic rings. The molecule has 1 aromatic heterocycles. The number of amides is 1. The Morgan fingerprint density at radius 3 is 2.88 bits per heavy atom. The van der Waals surface area contributed by atoms with Gasteiger partial charge in [0.2, 0.25) is 5.88 Å². The molecule has 0 bridgehead atoms. The summed E-state index contributed by atoms with van der Waals surface area (Å²) in [7, 11) is 0. The molecule has 1 fully saturated rings. The Kier molecular flexibility index (Phi) is 5.00. The summed E-state index contributed by atoms with van der Waals surface area (Å²) < 4.78 is 19.4. The van der Waals surface area contributed by atoms with Crippen molar-refractivity contribution >= 4 is 17.5 Å². The van der Waals surface area contributed by atoms with Gasteiger partial charge < -0.3 is 9.64 Å². The molecule has 0 saturated heterocycles.